The van der Waals surface area contributed by atoms with Crippen molar-refractivity contribution in [3.05, 3.63) is 71.8 Å². The highest BCUT2D eigenvalue weighted by atomic mass is 16.6. The minimum atomic E-state index is -1.73. The van der Waals surface area contributed by atoms with E-state index in [9.17, 15) is 29.1 Å². The Morgan fingerprint density at radius 2 is 1.29 bits per heavy atom. The first-order valence-electron chi connectivity index (χ1n) is 16.8. The summed E-state index contributed by atoms with van der Waals surface area (Å²) in [6, 6.07) is 14.0. The summed E-state index contributed by atoms with van der Waals surface area (Å²) < 4.78 is 10.8. The molecule has 0 radical (unpaired) electrons. The number of alkyl carbamates (subject to hydrolysis) is 1. The Hall–Kier alpha value is -4.45. The Labute approximate surface area is 290 Å². The van der Waals surface area contributed by atoms with Crippen LogP contribution in [-0.4, -0.2) is 70.8 Å². The van der Waals surface area contributed by atoms with Crippen LogP contribution in [0, 0.1) is 11.8 Å². The summed E-state index contributed by atoms with van der Waals surface area (Å²) >= 11 is 0. The van der Waals surface area contributed by atoms with Gasteiger partial charge in [-0.25, -0.2) is 9.59 Å². The van der Waals surface area contributed by atoms with Crippen LogP contribution in [0.25, 0.3) is 0 Å². The van der Waals surface area contributed by atoms with E-state index in [1.807, 2.05) is 62.4 Å². The molecule has 0 aliphatic heterocycles. The standard InChI is InChI=1S/C37H54N4O8/c1-9-27(31(42)34(45)39-28(20-23(2)3)33(44)41-30(24(4)5)35(46)49-37(6,7)8)38-32(43)29(21-25-16-12-10-13-17-25)40-36(47)48-22-26-18-14-11-15-19-26/h10-19,23-24,27-31,42H,9,20-22H2,1-8H3,(H,38,43)(H,39,45)(H,40,47)(H,41,44)/t27?,28-,29+,30+,31?/m1/s1. The maximum atomic E-state index is 13.5. The summed E-state index contributed by atoms with van der Waals surface area (Å²) in [6.45, 7) is 14.2. The molecule has 0 spiro atoms. The fourth-order valence-corrected chi connectivity index (χ4v) is 4.91. The predicted octanol–water partition coefficient (Wildman–Crippen LogP) is 3.79. The van der Waals surface area contributed by atoms with Gasteiger partial charge in [0.05, 0.1) is 6.04 Å². The monoisotopic (exact) mass is 682 g/mol. The molecule has 2 aromatic carbocycles. The summed E-state index contributed by atoms with van der Waals surface area (Å²) in [5, 5.41) is 21.7. The molecule has 0 saturated heterocycles. The summed E-state index contributed by atoms with van der Waals surface area (Å²) in [7, 11) is 0. The largest absolute Gasteiger partial charge is 0.458 e. The van der Waals surface area contributed by atoms with Crippen molar-refractivity contribution in [1.29, 1.82) is 0 Å². The second kappa shape index (κ2) is 19.5. The molecule has 49 heavy (non-hydrogen) atoms. The average molecular weight is 683 g/mol. The van der Waals surface area contributed by atoms with E-state index >= 15 is 0 Å². The number of carbonyl (C=O) groups is 5. The van der Waals surface area contributed by atoms with Crippen molar-refractivity contribution in [1.82, 2.24) is 21.3 Å². The molecule has 0 fully saturated rings. The molecule has 0 heterocycles. The third-order valence-electron chi connectivity index (χ3n) is 7.49. The van der Waals surface area contributed by atoms with Crippen LogP contribution in [0.15, 0.2) is 60.7 Å². The van der Waals surface area contributed by atoms with E-state index in [0.29, 0.717) is 0 Å². The molecule has 4 amide bonds. The Kier molecular flexibility index (Phi) is 16.2. The van der Waals surface area contributed by atoms with E-state index in [4.69, 9.17) is 9.47 Å². The Morgan fingerprint density at radius 3 is 1.80 bits per heavy atom. The van der Waals surface area contributed by atoms with Gasteiger partial charge in [0.15, 0.2) is 6.10 Å². The molecule has 12 nitrogen and oxygen atoms in total. The van der Waals surface area contributed by atoms with Gasteiger partial charge in [-0.15, -0.1) is 0 Å². The van der Waals surface area contributed by atoms with Gasteiger partial charge in [-0.3, -0.25) is 14.4 Å². The molecule has 0 saturated carbocycles. The molecule has 12 heteroatoms. The van der Waals surface area contributed by atoms with Crippen LogP contribution in [0.2, 0.25) is 0 Å². The van der Waals surface area contributed by atoms with Gasteiger partial charge >= 0.3 is 12.1 Å². The molecular formula is C37H54N4O8. The fourth-order valence-electron chi connectivity index (χ4n) is 4.91. The zero-order valence-electron chi connectivity index (χ0n) is 29.9. The van der Waals surface area contributed by atoms with E-state index in [1.54, 1.807) is 53.7 Å². The molecule has 2 unspecified atom stereocenters. The first kappa shape index (κ1) is 40.7. The van der Waals surface area contributed by atoms with Crippen molar-refractivity contribution >= 4 is 29.8 Å². The van der Waals surface area contributed by atoms with Gasteiger partial charge in [0.2, 0.25) is 11.8 Å². The lowest BCUT2D eigenvalue weighted by Crippen LogP contribution is -2.59. The molecule has 5 N–H and O–H groups in total. The topological polar surface area (TPSA) is 172 Å². The average Bonchev–Trinajstić information content (AvgIpc) is 3.03. The molecule has 0 bridgehead atoms. The highest BCUT2D eigenvalue weighted by Crippen LogP contribution is 2.14. The minimum absolute atomic E-state index is 0.00360. The number of aliphatic hydroxyl groups is 1. The van der Waals surface area contributed by atoms with Crippen molar-refractivity contribution in [3.63, 3.8) is 0 Å². The van der Waals surface area contributed by atoms with Crippen molar-refractivity contribution < 1.29 is 38.6 Å². The molecule has 2 rings (SSSR count). The van der Waals surface area contributed by atoms with Crippen molar-refractivity contribution in [3.8, 4) is 0 Å². The van der Waals surface area contributed by atoms with Crippen LogP contribution in [0.3, 0.4) is 0 Å². The number of amides is 4. The molecule has 270 valence electrons. The number of carbonyl (C=O) groups excluding carboxylic acids is 5. The summed E-state index contributed by atoms with van der Waals surface area (Å²) in [5.41, 5.74) is 0.782. The number of ether oxygens (including phenoxy) is 2. The van der Waals surface area contributed by atoms with Crippen molar-refractivity contribution in [2.75, 3.05) is 0 Å². The smallest absolute Gasteiger partial charge is 0.408 e. The minimum Gasteiger partial charge on any atom is -0.458 e. The molecule has 2 aromatic rings. The molecular weight excluding hydrogens is 628 g/mol. The molecule has 5 atom stereocenters. The molecule has 0 aromatic heterocycles. The Morgan fingerprint density at radius 1 is 0.735 bits per heavy atom. The number of hydrogen-bond donors (Lipinski definition) is 5. The lowest BCUT2D eigenvalue weighted by atomic mass is 9.99. The van der Waals surface area contributed by atoms with Crippen LogP contribution >= 0.6 is 0 Å². The van der Waals surface area contributed by atoms with Crippen molar-refractivity contribution in [2.24, 2.45) is 11.8 Å². The quantitative estimate of drug-likeness (QED) is 0.157. The maximum absolute atomic E-state index is 13.5. The van der Waals surface area contributed by atoms with Crippen LogP contribution in [0.1, 0.15) is 79.4 Å². The first-order chi connectivity index (χ1) is 23.0. The van der Waals surface area contributed by atoms with Gasteiger partial charge in [0, 0.05) is 6.42 Å². The van der Waals surface area contributed by atoms with E-state index in [2.05, 4.69) is 21.3 Å². The number of rotatable bonds is 17. The highest BCUT2D eigenvalue weighted by Gasteiger charge is 2.35. The van der Waals surface area contributed by atoms with E-state index in [0.717, 1.165) is 11.1 Å². The van der Waals surface area contributed by atoms with E-state index in [-0.39, 0.29) is 37.7 Å². The van der Waals surface area contributed by atoms with Gasteiger partial charge in [0.25, 0.3) is 5.91 Å². The number of aliphatic hydroxyl groups excluding tert-OH is 1. The summed E-state index contributed by atoms with van der Waals surface area (Å²) in [6.07, 6.45) is -2.03. The molecule has 0 aliphatic rings. The maximum Gasteiger partial charge on any atom is 0.408 e. The summed E-state index contributed by atoms with van der Waals surface area (Å²) in [5.74, 6) is -3.03. The van der Waals surface area contributed by atoms with Gasteiger partial charge < -0.3 is 35.8 Å². The van der Waals surface area contributed by atoms with Gasteiger partial charge in [-0.05, 0) is 56.6 Å². The third kappa shape index (κ3) is 14.7. The number of nitrogens with one attached hydrogen (secondary N) is 4. The van der Waals surface area contributed by atoms with Gasteiger partial charge in [0.1, 0.15) is 30.3 Å². The number of benzene rings is 2. The lowest BCUT2D eigenvalue weighted by molar-refractivity contribution is -0.160. The fraction of sp³-hybridized carbons (Fsp3) is 0.541. The van der Waals surface area contributed by atoms with Crippen LogP contribution in [-0.2, 0) is 41.7 Å². The van der Waals surface area contributed by atoms with E-state index in [1.165, 1.54) is 0 Å². The zero-order valence-corrected chi connectivity index (χ0v) is 29.9. The SMILES string of the molecule is CCC(NC(=O)[C@H](Cc1ccccc1)NC(=O)OCc1ccccc1)C(O)C(=O)N[C@H](CC(C)C)C(=O)N[C@H](C(=O)OC(C)(C)C)C(C)C. The normalized spacial score (nSPS) is 14.5. The molecule has 0 aliphatic carbocycles. The van der Waals surface area contributed by atoms with Crippen LogP contribution in [0.4, 0.5) is 4.79 Å². The zero-order chi connectivity index (χ0) is 36.7. The van der Waals surface area contributed by atoms with Gasteiger partial charge in [-0.1, -0.05) is 95.3 Å². The first-order valence-corrected chi connectivity index (χ1v) is 16.8. The second-order valence-corrected chi connectivity index (χ2v) is 13.9. The Bertz CT molecular complexity index is 1360. The summed E-state index contributed by atoms with van der Waals surface area (Å²) in [4.78, 5) is 65.9. The Balaban J connectivity index is 2.16. The van der Waals surface area contributed by atoms with Crippen molar-refractivity contribution in [2.45, 2.75) is 117 Å². The lowest BCUT2D eigenvalue weighted by Gasteiger charge is -2.30. The highest BCUT2D eigenvalue weighted by molar-refractivity contribution is 5.92. The van der Waals surface area contributed by atoms with Crippen LogP contribution < -0.4 is 21.3 Å². The predicted molar refractivity (Wildman–Crippen MR) is 186 cm³/mol. The van der Waals surface area contributed by atoms with Gasteiger partial charge in [-0.2, -0.15) is 0 Å². The number of hydrogen-bond acceptors (Lipinski definition) is 8. The van der Waals surface area contributed by atoms with E-state index < -0.39 is 65.7 Å². The second-order valence-electron chi connectivity index (χ2n) is 13.9. The third-order valence-corrected chi connectivity index (χ3v) is 7.49. The number of esters is 1. The van der Waals surface area contributed by atoms with Crippen LogP contribution in [0.5, 0.6) is 0 Å².